The van der Waals surface area contributed by atoms with Crippen LogP contribution in [0.25, 0.3) is 0 Å². The van der Waals surface area contributed by atoms with E-state index in [9.17, 15) is 34.5 Å². The Morgan fingerprint density at radius 3 is 1.23 bits per heavy atom. The molecule has 0 aliphatic carbocycles. The highest BCUT2D eigenvalue weighted by atomic mass is 16.7. The van der Waals surface area contributed by atoms with Crippen LogP contribution in [0.15, 0.2) is 122 Å². The fourth-order valence-electron chi connectivity index (χ4n) is 8.80. The molecule has 12 nitrogen and oxygen atoms in total. The van der Waals surface area contributed by atoms with Crippen molar-refractivity contribution >= 4 is 23.9 Å². The first-order chi connectivity index (χ1) is 39.6. The molecule has 1 rings (SSSR count). The molecule has 6 unspecified atom stereocenters. The number of hydrogen-bond donors (Lipinski definition) is 3. The normalized spacial score (nSPS) is 18.6. The lowest BCUT2D eigenvalue weighted by Gasteiger charge is -2.40. The number of carbonyl (C=O) groups excluding carboxylic acids is 3. The Labute approximate surface area is 490 Å². The molecule has 0 aromatic carbocycles. The largest absolute Gasteiger partial charge is 0.479 e. The predicted molar refractivity (Wildman–Crippen MR) is 330 cm³/mol. The molecule has 1 fully saturated rings. The molecule has 0 amide bonds. The van der Waals surface area contributed by atoms with Gasteiger partial charge in [-0.15, -0.1) is 0 Å². The van der Waals surface area contributed by atoms with Crippen LogP contribution in [-0.4, -0.2) is 89.2 Å². The number of aliphatic carboxylic acids is 1. The molecule has 0 saturated carbocycles. The second-order valence-electron chi connectivity index (χ2n) is 20.9. The molecule has 12 heteroatoms. The summed E-state index contributed by atoms with van der Waals surface area (Å²) in [5, 5.41) is 31.6. The van der Waals surface area contributed by atoms with Crippen molar-refractivity contribution in [2.75, 3.05) is 13.2 Å². The average molecular weight is 1130 g/mol. The fraction of sp³-hybridized carbons (Fsp3) is 0.652. The van der Waals surface area contributed by atoms with E-state index in [4.69, 9.17) is 23.7 Å². The lowest BCUT2D eigenvalue weighted by molar-refractivity contribution is -0.301. The summed E-state index contributed by atoms with van der Waals surface area (Å²) in [6, 6.07) is 0. The zero-order chi connectivity index (χ0) is 58.9. The van der Waals surface area contributed by atoms with E-state index >= 15 is 0 Å². The summed E-state index contributed by atoms with van der Waals surface area (Å²) in [6.07, 6.45) is 64.5. The van der Waals surface area contributed by atoms with Crippen molar-refractivity contribution < 1.29 is 58.2 Å². The zero-order valence-electron chi connectivity index (χ0n) is 50.5. The monoisotopic (exact) mass is 1130 g/mol. The molecule has 0 aromatic rings. The van der Waals surface area contributed by atoms with Crippen molar-refractivity contribution in [2.45, 2.75) is 276 Å². The standard InChI is InChI=1S/C69H110O12/c1-4-7-10-13-16-19-22-25-27-29-31-33-35-38-40-43-46-49-52-55-61(70)77-58-60(79-62(71)56-53-50-47-44-41-37-24-21-18-15-12-9-6-3)59-78-69-67(65(74)64(73)66(81-69)68(75)76)80-63(72)57-54-51-48-45-42-39-36-34-32-30-28-26-23-20-17-14-11-8-5-2/h7-8,10-11,16-17,19-20,25-28,31-34,38,40,46,49,60,64-67,69,73-74H,4-6,9,12-15,18,21-24,29-30,35-37,39,41-45,47-48,50-59H2,1-3H3,(H,75,76)/b10-7-,11-8-,19-16-,20-17-,27-25-,28-26-,33-31-,34-32-,40-38-,49-46-. The summed E-state index contributed by atoms with van der Waals surface area (Å²) in [5.74, 6) is -3.25. The maximum absolute atomic E-state index is 13.2. The Bertz CT molecular complexity index is 1870. The van der Waals surface area contributed by atoms with Gasteiger partial charge in [-0.2, -0.15) is 0 Å². The number of ether oxygens (including phenoxy) is 5. The molecule has 3 N–H and O–H groups in total. The number of carboxylic acid groups (broad SMARTS) is 1. The van der Waals surface area contributed by atoms with Gasteiger partial charge in [-0.1, -0.05) is 245 Å². The molecule has 0 radical (unpaired) electrons. The molecular formula is C69H110O12. The molecule has 0 bridgehead atoms. The maximum atomic E-state index is 13.2. The number of allylic oxidation sites excluding steroid dienone is 20. The van der Waals surface area contributed by atoms with E-state index in [1.54, 1.807) is 0 Å². The van der Waals surface area contributed by atoms with Crippen LogP contribution in [0.1, 0.15) is 239 Å². The van der Waals surface area contributed by atoms with Crippen LogP contribution in [0.5, 0.6) is 0 Å². The first-order valence-corrected chi connectivity index (χ1v) is 31.5. The van der Waals surface area contributed by atoms with Crippen LogP contribution in [0.3, 0.4) is 0 Å². The third-order valence-electron chi connectivity index (χ3n) is 13.5. The van der Waals surface area contributed by atoms with Gasteiger partial charge >= 0.3 is 23.9 Å². The van der Waals surface area contributed by atoms with E-state index in [-0.39, 0.29) is 25.9 Å². The fourth-order valence-corrected chi connectivity index (χ4v) is 8.80. The van der Waals surface area contributed by atoms with Gasteiger partial charge in [-0.25, -0.2) is 4.79 Å². The summed E-state index contributed by atoms with van der Waals surface area (Å²) >= 11 is 0. The molecule has 6 atom stereocenters. The smallest absolute Gasteiger partial charge is 0.335 e. The van der Waals surface area contributed by atoms with Crippen LogP contribution in [-0.2, 0) is 42.9 Å². The van der Waals surface area contributed by atoms with Crippen LogP contribution in [0.4, 0.5) is 0 Å². The van der Waals surface area contributed by atoms with E-state index in [1.165, 1.54) is 57.8 Å². The van der Waals surface area contributed by atoms with E-state index in [0.717, 1.165) is 122 Å². The van der Waals surface area contributed by atoms with Crippen LogP contribution >= 0.6 is 0 Å². The Hall–Kier alpha value is -4.88. The summed E-state index contributed by atoms with van der Waals surface area (Å²) < 4.78 is 28.4. The van der Waals surface area contributed by atoms with Gasteiger partial charge < -0.3 is 39.0 Å². The highest BCUT2D eigenvalue weighted by Gasteiger charge is 2.50. The van der Waals surface area contributed by atoms with Crippen molar-refractivity contribution in [1.29, 1.82) is 0 Å². The number of aliphatic hydroxyl groups excluding tert-OH is 2. The van der Waals surface area contributed by atoms with Crippen molar-refractivity contribution in [1.82, 2.24) is 0 Å². The molecule has 1 saturated heterocycles. The summed E-state index contributed by atoms with van der Waals surface area (Å²) in [6.45, 7) is 5.70. The van der Waals surface area contributed by atoms with Gasteiger partial charge in [-0.05, 0) is 96.3 Å². The van der Waals surface area contributed by atoms with Crippen LogP contribution in [0, 0.1) is 0 Å². The van der Waals surface area contributed by atoms with Gasteiger partial charge in [0.05, 0.1) is 6.61 Å². The molecule has 1 aliphatic rings. The molecule has 0 spiro atoms. The average Bonchev–Trinajstić information content (AvgIpc) is 3.45. The third kappa shape index (κ3) is 45.3. The van der Waals surface area contributed by atoms with Crippen molar-refractivity contribution in [3.63, 3.8) is 0 Å². The van der Waals surface area contributed by atoms with Crippen LogP contribution in [0.2, 0.25) is 0 Å². The lowest BCUT2D eigenvalue weighted by Crippen LogP contribution is -2.61. The highest BCUT2D eigenvalue weighted by molar-refractivity contribution is 5.74. The number of aliphatic hydroxyl groups is 2. The molecule has 0 aromatic heterocycles. The van der Waals surface area contributed by atoms with E-state index in [0.29, 0.717) is 19.3 Å². The first-order valence-electron chi connectivity index (χ1n) is 31.5. The lowest BCUT2D eigenvalue weighted by atomic mass is 9.98. The number of carbonyl (C=O) groups is 4. The summed E-state index contributed by atoms with van der Waals surface area (Å²) in [4.78, 5) is 51.2. The van der Waals surface area contributed by atoms with Gasteiger partial charge in [-0.3, -0.25) is 14.4 Å². The van der Waals surface area contributed by atoms with E-state index in [2.05, 4.69) is 130 Å². The molecule has 81 heavy (non-hydrogen) atoms. The van der Waals surface area contributed by atoms with Gasteiger partial charge in [0.25, 0.3) is 0 Å². The molecule has 1 aliphatic heterocycles. The Kier molecular flexibility index (Phi) is 50.9. The Morgan fingerprint density at radius 1 is 0.420 bits per heavy atom. The molecule has 1 heterocycles. The van der Waals surface area contributed by atoms with Crippen molar-refractivity contribution in [3.8, 4) is 0 Å². The number of hydrogen-bond acceptors (Lipinski definition) is 11. The number of carboxylic acids is 1. The van der Waals surface area contributed by atoms with Gasteiger partial charge in [0.2, 0.25) is 0 Å². The number of unbranched alkanes of at least 4 members (excludes halogenated alkanes) is 18. The first kappa shape index (κ1) is 74.1. The zero-order valence-corrected chi connectivity index (χ0v) is 50.5. The van der Waals surface area contributed by atoms with Crippen LogP contribution < -0.4 is 0 Å². The maximum Gasteiger partial charge on any atom is 0.335 e. The molecular weight excluding hydrogens is 1020 g/mol. The number of esters is 3. The minimum atomic E-state index is -1.92. The number of rotatable bonds is 52. The van der Waals surface area contributed by atoms with Gasteiger partial charge in [0.1, 0.15) is 18.8 Å². The topological polar surface area (TPSA) is 175 Å². The Morgan fingerprint density at radius 2 is 0.802 bits per heavy atom. The summed E-state index contributed by atoms with van der Waals surface area (Å²) in [5.41, 5.74) is 0. The highest BCUT2D eigenvalue weighted by Crippen LogP contribution is 2.26. The van der Waals surface area contributed by atoms with Crippen molar-refractivity contribution in [2.24, 2.45) is 0 Å². The third-order valence-corrected chi connectivity index (χ3v) is 13.5. The molecule has 458 valence electrons. The van der Waals surface area contributed by atoms with Crippen molar-refractivity contribution in [3.05, 3.63) is 122 Å². The van der Waals surface area contributed by atoms with E-state index in [1.807, 2.05) is 12.2 Å². The van der Waals surface area contributed by atoms with Gasteiger partial charge in [0.15, 0.2) is 24.6 Å². The predicted octanol–water partition coefficient (Wildman–Crippen LogP) is 16.8. The second kappa shape index (κ2) is 55.6. The van der Waals surface area contributed by atoms with E-state index < -0.39 is 67.3 Å². The quantitative estimate of drug-likeness (QED) is 0.0228. The Balaban J connectivity index is 2.71. The minimum absolute atomic E-state index is 0.0320. The minimum Gasteiger partial charge on any atom is -0.479 e. The van der Waals surface area contributed by atoms with Gasteiger partial charge in [0, 0.05) is 19.3 Å². The SMILES string of the molecule is CC/C=C\C/C=C\C/C=C\C/C=C\C/C=C\C/C=C\CCC(=O)OCC(COC1OC(C(=O)O)C(O)C(O)C1OC(=O)CCCCCCCC/C=C\C/C=C\C/C=C\C/C=C\CC)OC(=O)CCCCCCCCCCCCCCC. The second-order valence-corrected chi connectivity index (χ2v) is 20.9. The summed E-state index contributed by atoms with van der Waals surface area (Å²) in [7, 11) is 0.